The van der Waals surface area contributed by atoms with Crippen molar-refractivity contribution in [3.05, 3.63) is 80.8 Å². The molecule has 0 spiro atoms. The number of rotatable bonds is 0. The van der Waals surface area contributed by atoms with Gasteiger partial charge in [0.05, 0.1) is 22.1 Å². The van der Waals surface area contributed by atoms with Gasteiger partial charge in [0.2, 0.25) is 0 Å². The highest BCUT2D eigenvalue weighted by Crippen LogP contribution is 2.56. The fourth-order valence-electron chi connectivity index (χ4n) is 10.3. The Kier molecular flexibility index (Phi) is 5.09. The summed E-state index contributed by atoms with van der Waals surface area (Å²) in [7, 11) is 16.0. The highest BCUT2D eigenvalue weighted by molar-refractivity contribution is 6.67. The maximum absolute atomic E-state index is 6.99. The van der Waals surface area contributed by atoms with Gasteiger partial charge in [0, 0.05) is 73.0 Å². The molecule has 0 fully saturated rings. The van der Waals surface area contributed by atoms with E-state index in [-0.39, 0.29) is 5.92 Å². The highest BCUT2D eigenvalue weighted by atomic mass is 35.5. The number of fused-ring (bicyclic) bond motifs is 15. The SMILES string of the molecule is Bc1cc2c3c(Cl)ccc4c5c(n(c2c(B)c1B)c43)CC1C(=C5)Oc2cc3c(cc21)-n1c2c(c4c(B)c(B)c(B)c(B)c41)C(C)=CCC32. The number of halogens is 1. The molecule has 0 amide bonds. The van der Waals surface area contributed by atoms with Crippen LogP contribution in [0.2, 0.25) is 5.02 Å². The predicted molar refractivity (Wildman–Crippen MR) is 224 cm³/mol. The van der Waals surface area contributed by atoms with Gasteiger partial charge < -0.3 is 13.7 Å². The van der Waals surface area contributed by atoms with E-state index in [0.717, 1.165) is 29.4 Å². The second-order valence-corrected chi connectivity index (χ2v) is 15.6. The minimum Gasteiger partial charge on any atom is -0.461 e. The van der Waals surface area contributed by atoms with Crippen molar-refractivity contribution >= 4 is 155 Å². The van der Waals surface area contributed by atoms with Gasteiger partial charge in [-0.05, 0) is 48.8 Å². The largest absolute Gasteiger partial charge is 0.461 e. The Morgan fingerprint density at radius 2 is 1.54 bits per heavy atom. The predicted octanol–water partition coefficient (Wildman–Crippen LogP) is -2.58. The van der Waals surface area contributed by atoms with E-state index in [1.807, 2.05) is 0 Å². The Morgan fingerprint density at radius 1 is 0.771 bits per heavy atom. The van der Waals surface area contributed by atoms with Crippen molar-refractivity contribution in [1.82, 2.24) is 8.97 Å². The third-order valence-corrected chi connectivity index (χ3v) is 13.6. The van der Waals surface area contributed by atoms with Crippen molar-refractivity contribution in [2.75, 3.05) is 0 Å². The molecule has 11 rings (SSSR count). The summed E-state index contributed by atoms with van der Waals surface area (Å²) in [4.78, 5) is 0. The molecule has 3 nitrogen and oxygen atoms in total. The summed E-state index contributed by atoms with van der Waals surface area (Å²) < 4.78 is 12.1. The van der Waals surface area contributed by atoms with Gasteiger partial charge in [-0.2, -0.15) is 0 Å². The number of hydrogen-bond donors (Lipinski definition) is 0. The number of ether oxygens (including phenoxy) is 1. The number of benzene rings is 4. The van der Waals surface area contributed by atoms with Crippen molar-refractivity contribution in [2.45, 2.75) is 31.6 Å². The molecule has 222 valence electrons. The fraction of sp³-hybridized carbons (Fsp3) is 0.135. The number of hydrogen-bond acceptors (Lipinski definition) is 1. The zero-order valence-corrected chi connectivity index (χ0v) is 29.5. The van der Waals surface area contributed by atoms with Gasteiger partial charge in [0.1, 0.15) is 66.4 Å². The second-order valence-electron chi connectivity index (χ2n) is 15.2. The molecule has 5 heterocycles. The van der Waals surface area contributed by atoms with Crippen LogP contribution in [0.3, 0.4) is 0 Å². The summed E-state index contributed by atoms with van der Waals surface area (Å²) in [6.07, 6.45) is 6.74. The average molecular weight is 630 g/mol. The summed E-state index contributed by atoms with van der Waals surface area (Å²) in [6.45, 7) is 2.31. The van der Waals surface area contributed by atoms with Crippen molar-refractivity contribution in [2.24, 2.45) is 0 Å². The number of nitrogens with zero attached hydrogens (tertiary/aromatic N) is 2. The van der Waals surface area contributed by atoms with Gasteiger partial charge in [-0.3, -0.25) is 0 Å². The first kappa shape index (κ1) is 27.9. The van der Waals surface area contributed by atoms with Crippen molar-refractivity contribution in [3.8, 4) is 11.4 Å². The Labute approximate surface area is 290 Å². The molecule has 0 N–H and O–H groups in total. The quantitative estimate of drug-likeness (QED) is 0.169. The average Bonchev–Trinajstić information content (AvgIpc) is 3.85. The van der Waals surface area contributed by atoms with Crippen LogP contribution in [-0.2, 0) is 6.42 Å². The van der Waals surface area contributed by atoms with Gasteiger partial charge in [-0.15, -0.1) is 5.46 Å². The molecule has 7 aromatic rings. The molecular formula is C37H30B7ClN2O. The molecule has 0 saturated heterocycles. The molecule has 2 aliphatic carbocycles. The topological polar surface area (TPSA) is 18.6 Å². The van der Waals surface area contributed by atoms with Gasteiger partial charge in [0.25, 0.3) is 0 Å². The monoisotopic (exact) mass is 630 g/mol. The van der Waals surface area contributed by atoms with Gasteiger partial charge in [-0.1, -0.05) is 62.6 Å². The summed E-state index contributed by atoms with van der Waals surface area (Å²) in [5.41, 5.74) is 24.7. The lowest BCUT2D eigenvalue weighted by molar-refractivity contribution is 0.428. The third-order valence-electron chi connectivity index (χ3n) is 13.3. The molecule has 2 aliphatic heterocycles. The van der Waals surface area contributed by atoms with E-state index in [1.165, 1.54) is 121 Å². The van der Waals surface area contributed by atoms with Crippen molar-refractivity contribution < 1.29 is 4.74 Å². The summed E-state index contributed by atoms with van der Waals surface area (Å²) in [5.74, 6) is 2.64. The Bertz CT molecular complexity index is 2830. The summed E-state index contributed by atoms with van der Waals surface area (Å²) >= 11 is 6.99. The maximum Gasteiger partial charge on any atom is 0.141 e. The third kappa shape index (κ3) is 2.97. The molecule has 11 heteroatoms. The number of aromatic nitrogens is 2. The van der Waals surface area contributed by atoms with E-state index < -0.39 is 0 Å². The van der Waals surface area contributed by atoms with Crippen LogP contribution >= 0.6 is 11.6 Å². The lowest BCUT2D eigenvalue weighted by Gasteiger charge is -2.20. The van der Waals surface area contributed by atoms with Crippen LogP contribution in [0.25, 0.3) is 55.4 Å². The summed E-state index contributed by atoms with van der Waals surface area (Å²) in [6, 6.07) is 11.5. The Hall–Kier alpha value is -4.02. The lowest BCUT2D eigenvalue weighted by atomic mass is 9.65. The van der Waals surface area contributed by atoms with E-state index in [0.29, 0.717) is 5.92 Å². The minimum absolute atomic E-state index is 0.175. The van der Waals surface area contributed by atoms with E-state index in [2.05, 4.69) is 113 Å². The molecule has 0 saturated carbocycles. The van der Waals surface area contributed by atoms with Gasteiger partial charge >= 0.3 is 0 Å². The Balaban J connectivity index is 1.16. The van der Waals surface area contributed by atoms with E-state index >= 15 is 0 Å². The fourth-order valence-corrected chi connectivity index (χ4v) is 10.6. The summed E-state index contributed by atoms with van der Waals surface area (Å²) in [5, 5.41) is 5.98. The molecule has 4 aliphatic rings. The van der Waals surface area contributed by atoms with Crippen molar-refractivity contribution in [3.63, 3.8) is 0 Å². The molecule has 4 aromatic carbocycles. The van der Waals surface area contributed by atoms with Crippen LogP contribution in [0.5, 0.6) is 5.75 Å². The normalized spacial score (nSPS) is 18.6. The van der Waals surface area contributed by atoms with Gasteiger partial charge in [-0.25, -0.2) is 0 Å². The molecule has 0 bridgehead atoms. The first-order valence-corrected chi connectivity index (χ1v) is 17.8. The molecule has 48 heavy (non-hydrogen) atoms. The highest BCUT2D eigenvalue weighted by Gasteiger charge is 2.42. The smallest absolute Gasteiger partial charge is 0.141 e. The van der Waals surface area contributed by atoms with Crippen LogP contribution in [0.4, 0.5) is 0 Å². The number of allylic oxidation sites excluding steroid dienone is 3. The van der Waals surface area contributed by atoms with E-state index in [1.54, 1.807) is 0 Å². The minimum atomic E-state index is 0.175. The molecular weight excluding hydrogens is 600 g/mol. The molecule has 0 radical (unpaired) electrons. The van der Waals surface area contributed by atoms with Gasteiger partial charge in [0.15, 0.2) is 0 Å². The van der Waals surface area contributed by atoms with E-state index in [4.69, 9.17) is 16.3 Å². The zero-order valence-electron chi connectivity index (χ0n) is 28.8. The van der Waals surface area contributed by atoms with Crippen LogP contribution in [0.1, 0.15) is 58.8 Å². The van der Waals surface area contributed by atoms with Crippen molar-refractivity contribution in [1.29, 1.82) is 0 Å². The maximum atomic E-state index is 6.99. The van der Waals surface area contributed by atoms with Crippen LogP contribution in [-0.4, -0.2) is 63.9 Å². The first-order valence-electron chi connectivity index (χ1n) is 17.4. The standard InChI is InChI=1S/C37H30B7ClN2O/c1-11-2-3-12-14-9-23-17(8-22(14)47-34(12)25(11)27-29(40)30(41)31(42)33(44)37(27)47)16-7-21-15(10-24(16)48-23)13-4-5-20(45)26-18-6-19(38)28(39)32(43)36(18)46(21)35(13)26/h2,4-6,8-10,12,16H,3,7,38-44H2,1H3. The van der Waals surface area contributed by atoms with Crippen LogP contribution < -0.4 is 43.0 Å². The molecule has 2 unspecified atom stereocenters. The van der Waals surface area contributed by atoms with Crippen LogP contribution in [0.15, 0.2) is 42.2 Å². The van der Waals surface area contributed by atoms with E-state index in [9.17, 15) is 0 Å². The second kappa shape index (κ2) is 8.76. The molecule has 3 aromatic heterocycles. The first-order chi connectivity index (χ1) is 23.1. The van der Waals surface area contributed by atoms with Crippen LogP contribution in [0, 0.1) is 0 Å². The molecule has 2 atom stereocenters. The lowest BCUT2D eigenvalue weighted by Crippen LogP contribution is -2.48. The zero-order chi connectivity index (χ0) is 32.8. The Morgan fingerprint density at radius 3 is 2.35 bits per heavy atom.